The number of carbonyl (C=O) groups is 1. The number of hydrogen-bond donors (Lipinski definition) is 0. The van der Waals surface area contributed by atoms with E-state index in [1.807, 2.05) is 67.5 Å². The third-order valence-corrected chi connectivity index (χ3v) is 5.31. The highest BCUT2D eigenvalue weighted by Crippen LogP contribution is 2.25. The summed E-state index contributed by atoms with van der Waals surface area (Å²) in [5.41, 5.74) is 2.82. The zero-order chi connectivity index (χ0) is 22.5. The molecule has 0 N–H and O–H groups in total. The van der Waals surface area contributed by atoms with Crippen molar-refractivity contribution in [1.29, 1.82) is 0 Å². The fourth-order valence-corrected chi connectivity index (χ4v) is 3.61. The van der Waals surface area contributed by atoms with Crippen molar-refractivity contribution in [1.82, 2.24) is 19.6 Å². The molecule has 0 spiro atoms. The molecule has 6 nitrogen and oxygen atoms in total. The van der Waals surface area contributed by atoms with Crippen molar-refractivity contribution in [2.24, 2.45) is 0 Å². The summed E-state index contributed by atoms with van der Waals surface area (Å²) in [6.45, 7) is 1.83. The molecule has 0 bridgehead atoms. The van der Waals surface area contributed by atoms with Crippen LogP contribution >= 0.6 is 11.6 Å². The number of amides is 1. The Morgan fingerprint density at radius 1 is 1.00 bits per heavy atom. The molecular formula is C25H25ClN4O2. The molecule has 0 saturated heterocycles. The van der Waals surface area contributed by atoms with Gasteiger partial charge in [-0.05, 0) is 50.0 Å². The lowest BCUT2D eigenvalue weighted by Gasteiger charge is -2.25. The minimum absolute atomic E-state index is 0.110. The Balaban J connectivity index is 1.75. The van der Waals surface area contributed by atoms with Gasteiger partial charge in [0, 0.05) is 30.7 Å². The summed E-state index contributed by atoms with van der Waals surface area (Å²) in [5.74, 6) is 0.490. The van der Waals surface area contributed by atoms with E-state index in [1.54, 1.807) is 35.2 Å². The highest BCUT2D eigenvalue weighted by molar-refractivity contribution is 6.30. The maximum absolute atomic E-state index is 13.8. The first-order valence-corrected chi connectivity index (χ1v) is 10.8. The molecule has 2 heterocycles. The van der Waals surface area contributed by atoms with E-state index < -0.39 is 0 Å². The lowest BCUT2D eigenvalue weighted by Crippen LogP contribution is -2.37. The molecule has 4 aromatic rings. The van der Waals surface area contributed by atoms with Gasteiger partial charge in [0.05, 0.1) is 12.0 Å². The van der Waals surface area contributed by atoms with Crippen molar-refractivity contribution in [2.75, 3.05) is 27.2 Å². The molecule has 0 aliphatic rings. The van der Waals surface area contributed by atoms with Crippen molar-refractivity contribution in [2.45, 2.75) is 6.54 Å². The molecule has 1 amide bonds. The van der Waals surface area contributed by atoms with Crippen molar-refractivity contribution in [3.63, 3.8) is 0 Å². The van der Waals surface area contributed by atoms with Crippen LogP contribution in [0.2, 0.25) is 5.02 Å². The Hall–Kier alpha value is -3.35. The van der Waals surface area contributed by atoms with Crippen LogP contribution in [0.15, 0.2) is 83.5 Å². The van der Waals surface area contributed by atoms with Gasteiger partial charge in [0.2, 0.25) is 0 Å². The number of aromatic nitrogens is 2. The van der Waals surface area contributed by atoms with Crippen LogP contribution in [0.1, 0.15) is 16.1 Å². The van der Waals surface area contributed by atoms with Crippen molar-refractivity contribution >= 4 is 17.5 Å². The summed E-state index contributed by atoms with van der Waals surface area (Å²) in [7, 11) is 3.99. The van der Waals surface area contributed by atoms with Crippen molar-refractivity contribution < 1.29 is 9.21 Å². The number of halogens is 1. The van der Waals surface area contributed by atoms with Gasteiger partial charge in [-0.2, -0.15) is 5.10 Å². The highest BCUT2D eigenvalue weighted by Gasteiger charge is 2.24. The number of hydrogen-bond acceptors (Lipinski definition) is 4. The minimum atomic E-state index is -0.110. The van der Waals surface area contributed by atoms with E-state index >= 15 is 0 Å². The Labute approximate surface area is 192 Å². The Morgan fingerprint density at radius 3 is 2.50 bits per heavy atom. The number of carbonyl (C=O) groups excluding carboxylic acids is 1. The molecule has 0 aliphatic carbocycles. The predicted molar refractivity (Wildman–Crippen MR) is 126 cm³/mol. The molecule has 2 aromatic heterocycles. The van der Waals surface area contributed by atoms with Crippen LogP contribution < -0.4 is 0 Å². The lowest BCUT2D eigenvalue weighted by atomic mass is 10.2. The van der Waals surface area contributed by atoms with Crippen LogP contribution in [-0.4, -0.2) is 52.7 Å². The summed E-state index contributed by atoms with van der Waals surface area (Å²) in [4.78, 5) is 17.7. The zero-order valence-electron chi connectivity index (χ0n) is 18.1. The molecule has 0 saturated carbocycles. The van der Waals surface area contributed by atoms with Crippen LogP contribution in [0.25, 0.3) is 17.1 Å². The number of furan rings is 1. The molecular weight excluding hydrogens is 424 g/mol. The first-order chi connectivity index (χ1) is 15.5. The van der Waals surface area contributed by atoms with Gasteiger partial charge in [-0.3, -0.25) is 4.79 Å². The number of nitrogens with zero attached hydrogens (tertiary/aromatic N) is 4. The zero-order valence-corrected chi connectivity index (χ0v) is 18.9. The van der Waals surface area contributed by atoms with E-state index in [4.69, 9.17) is 16.0 Å². The largest absolute Gasteiger partial charge is 0.463 e. The number of rotatable bonds is 8. The molecule has 4 rings (SSSR count). The third kappa shape index (κ3) is 5.10. The fraction of sp³-hybridized carbons (Fsp3) is 0.200. The molecule has 164 valence electrons. The molecule has 2 aromatic carbocycles. The van der Waals surface area contributed by atoms with Crippen molar-refractivity contribution in [3.05, 3.63) is 95.3 Å². The fourth-order valence-electron chi connectivity index (χ4n) is 3.42. The van der Waals surface area contributed by atoms with E-state index in [9.17, 15) is 4.79 Å². The average molecular weight is 449 g/mol. The topological polar surface area (TPSA) is 54.5 Å². The molecule has 32 heavy (non-hydrogen) atoms. The average Bonchev–Trinajstić information content (AvgIpc) is 3.47. The third-order valence-electron chi connectivity index (χ3n) is 5.08. The van der Waals surface area contributed by atoms with E-state index in [0.29, 0.717) is 40.9 Å². The molecule has 0 aliphatic heterocycles. The molecule has 0 atom stereocenters. The summed E-state index contributed by atoms with van der Waals surface area (Å²) in [6.07, 6.45) is 1.59. The van der Waals surface area contributed by atoms with E-state index in [1.165, 1.54) is 0 Å². The van der Waals surface area contributed by atoms with Crippen LogP contribution in [0.3, 0.4) is 0 Å². The molecule has 0 radical (unpaired) electrons. The lowest BCUT2D eigenvalue weighted by molar-refractivity contribution is 0.0722. The molecule has 0 unspecified atom stereocenters. The maximum Gasteiger partial charge on any atom is 0.272 e. The summed E-state index contributed by atoms with van der Waals surface area (Å²) < 4.78 is 7.17. The van der Waals surface area contributed by atoms with E-state index in [0.717, 1.165) is 12.1 Å². The minimum Gasteiger partial charge on any atom is -0.463 e. The number of benzene rings is 2. The standard InChI is InChI=1S/C25H25ClN4O2/c1-28(2)13-14-29(18-19-8-4-3-5-9-19)25(31)23-17-22(24-12-7-15-32-24)27-30(23)21-11-6-10-20(26)16-21/h3-12,15-17H,13-14,18H2,1-2H3. The van der Waals surface area contributed by atoms with Crippen LogP contribution in [0.5, 0.6) is 0 Å². The molecule has 0 fully saturated rings. The smallest absolute Gasteiger partial charge is 0.272 e. The van der Waals surface area contributed by atoms with Crippen LogP contribution in [-0.2, 0) is 6.54 Å². The van der Waals surface area contributed by atoms with Crippen LogP contribution in [0.4, 0.5) is 0 Å². The predicted octanol–water partition coefficient (Wildman–Crippen LogP) is 4.99. The molecule has 7 heteroatoms. The monoisotopic (exact) mass is 448 g/mol. The van der Waals surface area contributed by atoms with Gasteiger partial charge in [-0.1, -0.05) is 48.0 Å². The SMILES string of the molecule is CN(C)CCN(Cc1ccccc1)C(=O)c1cc(-c2ccco2)nn1-c1cccc(Cl)c1. The summed E-state index contributed by atoms with van der Waals surface area (Å²) >= 11 is 6.23. The van der Waals surface area contributed by atoms with Gasteiger partial charge in [-0.25, -0.2) is 4.68 Å². The van der Waals surface area contributed by atoms with Crippen molar-refractivity contribution in [3.8, 4) is 17.1 Å². The van der Waals surface area contributed by atoms with Gasteiger partial charge >= 0.3 is 0 Å². The van der Waals surface area contributed by atoms with Gasteiger partial charge in [0.25, 0.3) is 5.91 Å². The highest BCUT2D eigenvalue weighted by atomic mass is 35.5. The van der Waals surface area contributed by atoms with Gasteiger partial charge in [-0.15, -0.1) is 0 Å². The second-order valence-corrected chi connectivity index (χ2v) is 8.24. The normalized spacial score (nSPS) is 11.1. The quantitative estimate of drug-likeness (QED) is 0.381. The van der Waals surface area contributed by atoms with Gasteiger partial charge < -0.3 is 14.2 Å². The summed E-state index contributed by atoms with van der Waals surface area (Å²) in [5, 5.41) is 5.25. The Morgan fingerprint density at radius 2 is 1.81 bits per heavy atom. The number of likely N-dealkylation sites (N-methyl/N-ethyl adjacent to an activating group) is 1. The van der Waals surface area contributed by atoms with E-state index in [-0.39, 0.29) is 5.91 Å². The Bertz CT molecular complexity index is 1170. The second-order valence-electron chi connectivity index (χ2n) is 7.80. The Kier molecular flexibility index (Phi) is 6.73. The van der Waals surface area contributed by atoms with Gasteiger partial charge in [0.15, 0.2) is 5.76 Å². The van der Waals surface area contributed by atoms with Gasteiger partial charge in [0.1, 0.15) is 11.4 Å². The van der Waals surface area contributed by atoms with E-state index in [2.05, 4.69) is 10.00 Å². The summed E-state index contributed by atoms with van der Waals surface area (Å²) in [6, 6.07) is 22.7. The maximum atomic E-state index is 13.8. The van der Waals surface area contributed by atoms with Crippen LogP contribution in [0, 0.1) is 0 Å². The second kappa shape index (κ2) is 9.85. The first-order valence-electron chi connectivity index (χ1n) is 10.4. The first kappa shape index (κ1) is 21.9.